The van der Waals surface area contributed by atoms with Gasteiger partial charge in [-0.15, -0.1) is 0 Å². The molecule has 0 bridgehead atoms. The molecule has 0 amide bonds. The lowest BCUT2D eigenvalue weighted by Gasteiger charge is -2.43. The third kappa shape index (κ3) is 2.58. The largest absolute Gasteiger partial charge is 0.507 e. The van der Waals surface area contributed by atoms with Gasteiger partial charge >= 0.3 is 6.18 Å². The summed E-state index contributed by atoms with van der Waals surface area (Å²) in [4.78, 5) is 17.0. The summed E-state index contributed by atoms with van der Waals surface area (Å²) in [6.45, 7) is 1.77. The van der Waals surface area contributed by atoms with Crippen LogP contribution in [-0.2, 0) is 10.9 Å². The second-order valence-corrected chi connectivity index (χ2v) is 6.57. The fourth-order valence-corrected chi connectivity index (χ4v) is 3.60. The Balaban J connectivity index is 1.76. The number of ether oxygens (including phenoxy) is 1. The van der Waals surface area contributed by atoms with E-state index in [9.17, 15) is 23.1 Å². The third-order valence-electron chi connectivity index (χ3n) is 5.05. The number of hydrogen-bond acceptors (Lipinski definition) is 5. The molecule has 4 rings (SSSR count). The second kappa shape index (κ2) is 5.82. The van der Waals surface area contributed by atoms with Crippen molar-refractivity contribution in [2.24, 2.45) is 0 Å². The molecule has 2 N–H and O–H groups in total. The molecule has 1 unspecified atom stereocenters. The van der Waals surface area contributed by atoms with Gasteiger partial charge in [0.05, 0.1) is 23.5 Å². The van der Waals surface area contributed by atoms with Crippen LogP contribution in [0, 0.1) is 0 Å². The molecule has 1 atom stereocenters. The van der Waals surface area contributed by atoms with Gasteiger partial charge in [0, 0.05) is 31.5 Å². The summed E-state index contributed by atoms with van der Waals surface area (Å²) in [7, 11) is 0. The van der Waals surface area contributed by atoms with Crippen LogP contribution in [0.25, 0.3) is 11.1 Å². The van der Waals surface area contributed by atoms with Crippen molar-refractivity contribution >= 4 is 0 Å². The molecule has 2 aromatic rings. The average Bonchev–Trinajstić information content (AvgIpc) is 2.99. The van der Waals surface area contributed by atoms with Gasteiger partial charge in [-0.25, -0.2) is 4.98 Å². The number of hydrogen-bond donors (Lipinski definition) is 2. The topological polar surface area (TPSA) is 76.4 Å². The van der Waals surface area contributed by atoms with Gasteiger partial charge in [0.15, 0.2) is 0 Å². The molecule has 0 aliphatic carbocycles. The van der Waals surface area contributed by atoms with Gasteiger partial charge < -0.3 is 15.2 Å². The van der Waals surface area contributed by atoms with Crippen LogP contribution in [-0.4, -0.2) is 40.0 Å². The molecule has 0 radical (unpaired) electrons. The number of benzene rings is 1. The molecule has 6 nitrogen and oxygen atoms in total. The highest BCUT2D eigenvalue weighted by Gasteiger charge is 2.50. The van der Waals surface area contributed by atoms with Crippen LogP contribution in [0.2, 0.25) is 0 Å². The summed E-state index contributed by atoms with van der Waals surface area (Å²) in [5.74, 6) is -0.612. The molecule has 26 heavy (non-hydrogen) atoms. The highest BCUT2D eigenvalue weighted by atomic mass is 19.4. The Labute approximate surface area is 146 Å². The van der Waals surface area contributed by atoms with Crippen LogP contribution in [0.3, 0.4) is 0 Å². The third-order valence-corrected chi connectivity index (χ3v) is 5.05. The lowest BCUT2D eigenvalue weighted by molar-refractivity contribution is -0.137. The number of aromatic nitrogens is 2. The number of nitrogens with zero attached hydrogens (tertiary/aromatic N) is 2. The summed E-state index contributed by atoms with van der Waals surface area (Å²) in [5, 5.41) is 13.2. The average molecular weight is 367 g/mol. The van der Waals surface area contributed by atoms with E-state index in [0.29, 0.717) is 32.2 Å². The number of phenols is 1. The van der Waals surface area contributed by atoms with E-state index in [1.807, 2.05) is 0 Å². The summed E-state index contributed by atoms with van der Waals surface area (Å²) in [6, 6.07) is 2.33. The van der Waals surface area contributed by atoms with Crippen molar-refractivity contribution in [2.75, 3.05) is 19.7 Å². The molecular formula is C17H16F3N3O3. The maximum atomic E-state index is 12.9. The predicted octanol–water partition coefficient (Wildman–Crippen LogP) is 1.94. The van der Waals surface area contributed by atoms with E-state index in [1.165, 1.54) is 17.1 Å². The van der Waals surface area contributed by atoms with Crippen LogP contribution in [0.15, 0.2) is 35.5 Å². The number of alkyl halides is 3. The zero-order valence-electron chi connectivity index (χ0n) is 13.6. The quantitative estimate of drug-likeness (QED) is 0.848. The first-order chi connectivity index (χ1) is 12.3. The molecule has 2 aliphatic heterocycles. The van der Waals surface area contributed by atoms with Crippen molar-refractivity contribution in [3.05, 3.63) is 46.6 Å². The molecule has 2 aliphatic rings. The number of phenolic OH excluding ortho intramolecular Hbond substituents is 1. The summed E-state index contributed by atoms with van der Waals surface area (Å²) in [6.07, 6.45) is -1.27. The lowest BCUT2D eigenvalue weighted by atomic mass is 9.88. The van der Waals surface area contributed by atoms with Crippen molar-refractivity contribution in [1.82, 2.24) is 14.9 Å². The summed E-state index contributed by atoms with van der Waals surface area (Å²) in [5.41, 5.74) is -1.78. The van der Waals surface area contributed by atoms with E-state index in [2.05, 4.69) is 10.3 Å². The first kappa shape index (κ1) is 17.0. The molecule has 138 valence electrons. The SMILES string of the molecule is O=c1c(-c2ccc(C(F)(F)F)cc2O)cncn1C1CCOC12CNC2. The van der Waals surface area contributed by atoms with Crippen LogP contribution in [0.1, 0.15) is 18.0 Å². The van der Waals surface area contributed by atoms with Gasteiger partial charge in [-0.1, -0.05) is 0 Å². The van der Waals surface area contributed by atoms with E-state index in [1.54, 1.807) is 0 Å². The zero-order valence-corrected chi connectivity index (χ0v) is 13.6. The first-order valence-electron chi connectivity index (χ1n) is 8.13. The van der Waals surface area contributed by atoms with Gasteiger partial charge in [-0.2, -0.15) is 13.2 Å². The molecule has 3 heterocycles. The minimum absolute atomic E-state index is 0.0181. The van der Waals surface area contributed by atoms with Crippen molar-refractivity contribution in [1.29, 1.82) is 0 Å². The number of nitrogens with one attached hydrogen (secondary N) is 1. The lowest BCUT2D eigenvalue weighted by Crippen LogP contribution is -2.63. The van der Waals surface area contributed by atoms with Gasteiger partial charge in [-0.3, -0.25) is 9.36 Å². The molecule has 0 saturated carbocycles. The van der Waals surface area contributed by atoms with Crippen LogP contribution < -0.4 is 10.9 Å². The molecule has 1 aromatic heterocycles. The minimum Gasteiger partial charge on any atom is -0.507 e. The Morgan fingerprint density at radius 2 is 2.08 bits per heavy atom. The number of aromatic hydroxyl groups is 1. The Morgan fingerprint density at radius 1 is 1.31 bits per heavy atom. The van der Waals surface area contributed by atoms with Crippen LogP contribution in [0.5, 0.6) is 5.75 Å². The van der Waals surface area contributed by atoms with E-state index in [0.717, 1.165) is 12.1 Å². The Bertz CT molecular complexity index is 906. The fourth-order valence-electron chi connectivity index (χ4n) is 3.60. The standard InChI is InChI=1S/C17H16F3N3O3/c18-17(19,20)10-1-2-11(13(24)5-10)12-6-21-9-23(15(12)25)14-3-4-26-16(14)7-22-8-16/h1-2,5-6,9,14,22,24H,3-4,7-8H2. The van der Waals surface area contributed by atoms with Crippen molar-refractivity contribution in [3.63, 3.8) is 0 Å². The normalized spacial score (nSPS) is 21.7. The van der Waals surface area contributed by atoms with E-state index >= 15 is 0 Å². The number of rotatable bonds is 2. The predicted molar refractivity (Wildman–Crippen MR) is 85.8 cm³/mol. The molecule has 1 spiro atoms. The van der Waals surface area contributed by atoms with Gasteiger partial charge in [-0.05, 0) is 24.6 Å². The smallest absolute Gasteiger partial charge is 0.416 e. The zero-order chi connectivity index (χ0) is 18.5. The van der Waals surface area contributed by atoms with E-state index in [4.69, 9.17) is 4.74 Å². The Morgan fingerprint density at radius 3 is 2.69 bits per heavy atom. The monoisotopic (exact) mass is 367 g/mol. The van der Waals surface area contributed by atoms with Gasteiger partial charge in [0.25, 0.3) is 5.56 Å². The Hall–Kier alpha value is -2.39. The molecule has 1 aromatic carbocycles. The van der Waals surface area contributed by atoms with Crippen molar-refractivity contribution < 1.29 is 23.0 Å². The van der Waals surface area contributed by atoms with E-state index in [-0.39, 0.29) is 17.2 Å². The maximum Gasteiger partial charge on any atom is 0.416 e. The minimum atomic E-state index is -4.57. The highest BCUT2D eigenvalue weighted by molar-refractivity contribution is 5.69. The Kier molecular flexibility index (Phi) is 3.81. The van der Waals surface area contributed by atoms with Crippen molar-refractivity contribution in [2.45, 2.75) is 24.2 Å². The van der Waals surface area contributed by atoms with Gasteiger partial charge in [0.2, 0.25) is 0 Å². The van der Waals surface area contributed by atoms with Gasteiger partial charge in [0.1, 0.15) is 11.4 Å². The fraction of sp³-hybridized carbons (Fsp3) is 0.412. The summed E-state index contributed by atoms with van der Waals surface area (Å²) < 4.78 is 45.6. The van der Waals surface area contributed by atoms with Crippen molar-refractivity contribution in [3.8, 4) is 16.9 Å². The maximum absolute atomic E-state index is 12.9. The van der Waals surface area contributed by atoms with Crippen LogP contribution >= 0.6 is 0 Å². The molecule has 2 saturated heterocycles. The van der Waals surface area contributed by atoms with E-state index < -0.39 is 28.6 Å². The molecule has 9 heteroatoms. The summed E-state index contributed by atoms with van der Waals surface area (Å²) >= 11 is 0. The number of halogens is 3. The highest BCUT2D eigenvalue weighted by Crippen LogP contribution is 2.39. The molecule has 2 fully saturated rings. The first-order valence-corrected chi connectivity index (χ1v) is 8.13. The second-order valence-electron chi connectivity index (χ2n) is 6.57. The van der Waals surface area contributed by atoms with Crippen LogP contribution in [0.4, 0.5) is 13.2 Å². The molecular weight excluding hydrogens is 351 g/mol.